The average molecular weight is 389 g/mol. The number of nitriles is 1. The maximum atomic E-state index is 14.7. The van der Waals surface area contributed by atoms with E-state index in [-0.39, 0.29) is 23.0 Å². The quantitative estimate of drug-likeness (QED) is 0.447. The maximum Gasteiger partial charge on any atom is 0.150 e. The normalized spacial score (nSPS) is 11.9. The lowest BCUT2D eigenvalue weighted by Gasteiger charge is -2.16. The van der Waals surface area contributed by atoms with E-state index in [4.69, 9.17) is 5.73 Å². The summed E-state index contributed by atoms with van der Waals surface area (Å²) in [4.78, 5) is 12.6. The molecule has 0 bridgehead atoms. The number of rotatable bonds is 5. The SMILES string of the molecule is C=CC(Nc1ncnc(N)c1C#N)c1nc2ccc(F)c(-c3cn[nH]c3)c2n1C. The third-order valence-electron chi connectivity index (χ3n) is 4.60. The van der Waals surface area contributed by atoms with Crippen LogP contribution in [0.5, 0.6) is 0 Å². The molecule has 0 radical (unpaired) electrons. The second kappa shape index (κ2) is 7.05. The van der Waals surface area contributed by atoms with Gasteiger partial charge in [-0.2, -0.15) is 10.4 Å². The van der Waals surface area contributed by atoms with Crippen molar-refractivity contribution < 1.29 is 4.39 Å². The van der Waals surface area contributed by atoms with Crippen LogP contribution in [0.15, 0.2) is 43.5 Å². The molecule has 0 spiro atoms. The minimum atomic E-state index is -0.519. The summed E-state index contributed by atoms with van der Waals surface area (Å²) in [6, 6.07) is 4.45. The van der Waals surface area contributed by atoms with Crippen LogP contribution in [0.1, 0.15) is 17.4 Å². The van der Waals surface area contributed by atoms with E-state index in [1.807, 2.05) is 6.07 Å². The number of aromatic nitrogens is 6. The fraction of sp³-hybridized carbons (Fsp3) is 0.105. The summed E-state index contributed by atoms with van der Waals surface area (Å²) in [5, 5.41) is 19.1. The molecule has 9 nitrogen and oxygen atoms in total. The molecule has 4 aromatic rings. The predicted molar refractivity (Wildman–Crippen MR) is 106 cm³/mol. The highest BCUT2D eigenvalue weighted by atomic mass is 19.1. The molecule has 0 aliphatic rings. The number of aromatic amines is 1. The molecule has 1 unspecified atom stereocenters. The first-order valence-electron chi connectivity index (χ1n) is 8.58. The van der Waals surface area contributed by atoms with Gasteiger partial charge in [-0.25, -0.2) is 19.3 Å². The molecule has 0 aliphatic heterocycles. The lowest BCUT2D eigenvalue weighted by Crippen LogP contribution is -2.15. The number of benzene rings is 1. The number of nitrogens with zero attached hydrogens (tertiary/aromatic N) is 6. The molecule has 1 atom stereocenters. The van der Waals surface area contributed by atoms with Crippen LogP contribution < -0.4 is 11.1 Å². The summed E-state index contributed by atoms with van der Waals surface area (Å²) in [5.74, 6) is 0.513. The van der Waals surface area contributed by atoms with Gasteiger partial charge in [0.1, 0.15) is 47.3 Å². The summed E-state index contributed by atoms with van der Waals surface area (Å²) in [6.07, 6.45) is 6.06. The van der Waals surface area contributed by atoms with Crippen LogP contribution in [-0.2, 0) is 7.05 Å². The summed E-state index contributed by atoms with van der Waals surface area (Å²) >= 11 is 0. The van der Waals surface area contributed by atoms with Crippen molar-refractivity contribution in [3.8, 4) is 17.2 Å². The minimum Gasteiger partial charge on any atom is -0.382 e. The second-order valence-corrected chi connectivity index (χ2v) is 6.26. The van der Waals surface area contributed by atoms with Gasteiger partial charge < -0.3 is 15.6 Å². The van der Waals surface area contributed by atoms with Gasteiger partial charge in [-0.05, 0) is 12.1 Å². The van der Waals surface area contributed by atoms with Crippen molar-refractivity contribution in [2.75, 3.05) is 11.1 Å². The molecule has 3 aromatic heterocycles. The molecule has 4 rings (SSSR count). The lowest BCUT2D eigenvalue weighted by atomic mass is 10.1. The van der Waals surface area contributed by atoms with Crippen molar-refractivity contribution in [1.29, 1.82) is 5.26 Å². The number of nitrogens with two attached hydrogens (primary N) is 1. The van der Waals surface area contributed by atoms with Gasteiger partial charge in [0.15, 0.2) is 0 Å². The molecule has 0 saturated heterocycles. The Balaban J connectivity index is 1.85. The number of fused-ring (bicyclic) bond motifs is 1. The Morgan fingerprint density at radius 1 is 1.41 bits per heavy atom. The van der Waals surface area contributed by atoms with Crippen LogP contribution in [0.3, 0.4) is 0 Å². The minimum absolute atomic E-state index is 0.0714. The van der Waals surface area contributed by atoms with E-state index < -0.39 is 6.04 Å². The Hall–Kier alpha value is -4.26. The fourth-order valence-electron chi connectivity index (χ4n) is 3.23. The number of halogens is 1. The van der Waals surface area contributed by atoms with E-state index in [9.17, 15) is 9.65 Å². The Morgan fingerprint density at radius 3 is 2.93 bits per heavy atom. The predicted octanol–water partition coefficient (Wildman–Crippen LogP) is 2.69. The molecular formula is C19H16FN9. The van der Waals surface area contributed by atoms with Crippen LogP contribution in [0.25, 0.3) is 22.2 Å². The van der Waals surface area contributed by atoms with Crippen molar-refractivity contribution in [2.45, 2.75) is 6.04 Å². The van der Waals surface area contributed by atoms with Crippen molar-refractivity contribution in [1.82, 2.24) is 29.7 Å². The first kappa shape index (κ1) is 18.1. The maximum absolute atomic E-state index is 14.7. The van der Waals surface area contributed by atoms with Gasteiger partial charge in [-0.1, -0.05) is 6.08 Å². The van der Waals surface area contributed by atoms with Gasteiger partial charge in [-0.3, -0.25) is 5.10 Å². The highest BCUT2D eigenvalue weighted by molar-refractivity contribution is 5.92. The third-order valence-corrected chi connectivity index (χ3v) is 4.60. The summed E-state index contributed by atoms with van der Waals surface area (Å²) in [5.41, 5.74) is 8.11. The zero-order valence-corrected chi connectivity index (χ0v) is 15.4. The van der Waals surface area contributed by atoms with E-state index >= 15 is 0 Å². The fourth-order valence-corrected chi connectivity index (χ4v) is 3.23. The van der Waals surface area contributed by atoms with Crippen LogP contribution in [-0.4, -0.2) is 29.7 Å². The Bertz CT molecular complexity index is 1250. The number of hydrogen-bond donors (Lipinski definition) is 3. The van der Waals surface area contributed by atoms with Gasteiger partial charge >= 0.3 is 0 Å². The first-order chi connectivity index (χ1) is 14.0. The molecule has 10 heteroatoms. The molecule has 1 aromatic carbocycles. The van der Waals surface area contributed by atoms with Crippen molar-refractivity contribution in [3.05, 3.63) is 60.7 Å². The van der Waals surface area contributed by atoms with Crippen LogP contribution >= 0.6 is 0 Å². The molecule has 0 fully saturated rings. The molecule has 0 amide bonds. The van der Waals surface area contributed by atoms with Crippen molar-refractivity contribution in [3.63, 3.8) is 0 Å². The van der Waals surface area contributed by atoms with Crippen molar-refractivity contribution >= 4 is 22.7 Å². The van der Waals surface area contributed by atoms with Crippen molar-refractivity contribution in [2.24, 2.45) is 7.05 Å². The zero-order chi connectivity index (χ0) is 20.5. The van der Waals surface area contributed by atoms with Gasteiger partial charge in [0.25, 0.3) is 0 Å². The van der Waals surface area contributed by atoms with E-state index in [1.165, 1.54) is 12.4 Å². The molecule has 4 N–H and O–H groups in total. The van der Waals surface area contributed by atoms with Gasteiger partial charge in [-0.15, -0.1) is 6.58 Å². The second-order valence-electron chi connectivity index (χ2n) is 6.26. The van der Waals surface area contributed by atoms with Gasteiger partial charge in [0, 0.05) is 24.4 Å². The van der Waals surface area contributed by atoms with Gasteiger partial charge in [0.2, 0.25) is 0 Å². The summed E-state index contributed by atoms with van der Waals surface area (Å²) in [7, 11) is 1.78. The molecule has 0 aliphatic carbocycles. The number of H-pyrrole nitrogens is 1. The molecule has 144 valence electrons. The largest absolute Gasteiger partial charge is 0.382 e. The molecule has 29 heavy (non-hydrogen) atoms. The summed E-state index contributed by atoms with van der Waals surface area (Å²) in [6.45, 7) is 3.85. The number of anilines is 2. The Kier molecular flexibility index (Phi) is 4.40. The van der Waals surface area contributed by atoms with Crippen LogP contribution in [0, 0.1) is 17.1 Å². The lowest BCUT2D eigenvalue weighted by molar-refractivity contribution is 0.632. The zero-order valence-electron chi connectivity index (χ0n) is 15.4. The number of nitrogens with one attached hydrogen (secondary N) is 2. The topological polar surface area (TPSA) is 134 Å². The van der Waals surface area contributed by atoms with E-state index in [0.29, 0.717) is 28.0 Å². The monoisotopic (exact) mass is 389 g/mol. The highest BCUT2D eigenvalue weighted by Gasteiger charge is 2.22. The average Bonchev–Trinajstić information content (AvgIpc) is 3.35. The van der Waals surface area contributed by atoms with E-state index in [0.717, 1.165) is 0 Å². The number of nitrogen functional groups attached to an aromatic ring is 1. The standard InChI is InChI=1S/C19H16FN9/c1-3-13(27-18-11(6-21)17(22)23-9-24-18)19-28-14-5-4-12(20)15(16(14)29(19)2)10-7-25-26-8-10/h3-5,7-9,13H,1H2,2H3,(H,25,26)(H3,22,23,24,27). The van der Waals surface area contributed by atoms with E-state index in [2.05, 4.69) is 37.0 Å². The molecular weight excluding hydrogens is 373 g/mol. The molecule has 0 saturated carbocycles. The smallest absolute Gasteiger partial charge is 0.150 e. The number of imidazole rings is 1. The Morgan fingerprint density at radius 2 is 2.24 bits per heavy atom. The highest BCUT2D eigenvalue weighted by Crippen LogP contribution is 2.33. The summed E-state index contributed by atoms with van der Waals surface area (Å²) < 4.78 is 16.4. The molecule has 3 heterocycles. The van der Waals surface area contributed by atoms with Crippen LogP contribution in [0.2, 0.25) is 0 Å². The van der Waals surface area contributed by atoms with E-state index in [1.54, 1.807) is 36.2 Å². The Labute approximate surface area is 164 Å². The number of hydrogen-bond acceptors (Lipinski definition) is 7. The van der Waals surface area contributed by atoms with Crippen LogP contribution in [0.4, 0.5) is 16.0 Å². The van der Waals surface area contributed by atoms with Gasteiger partial charge in [0.05, 0.1) is 17.2 Å². The number of aryl methyl sites for hydroxylation is 1. The first-order valence-corrected chi connectivity index (χ1v) is 8.58. The third kappa shape index (κ3) is 2.94.